The standard InChI is InChI=1S/C11H17N5O3/c1-8(10(17)18)9-6-15(7-9)11(19)12-2-4-16-5-3-13-14-16/h3,5,8-9H,2,4,6-7H2,1H3,(H,12,19)(H,17,18). The van der Waals surface area contributed by atoms with Crippen LogP contribution in [0.15, 0.2) is 12.4 Å². The molecule has 1 aromatic rings. The summed E-state index contributed by atoms with van der Waals surface area (Å²) in [5, 5.41) is 19.1. The topological polar surface area (TPSA) is 100 Å². The molecule has 8 nitrogen and oxygen atoms in total. The van der Waals surface area contributed by atoms with Crippen LogP contribution in [0.5, 0.6) is 0 Å². The molecule has 104 valence electrons. The molecule has 0 spiro atoms. The van der Waals surface area contributed by atoms with Gasteiger partial charge in [0.1, 0.15) is 0 Å². The monoisotopic (exact) mass is 267 g/mol. The van der Waals surface area contributed by atoms with Crippen molar-refractivity contribution in [3.05, 3.63) is 12.4 Å². The molecule has 0 aliphatic carbocycles. The van der Waals surface area contributed by atoms with Crippen molar-refractivity contribution in [2.24, 2.45) is 11.8 Å². The van der Waals surface area contributed by atoms with Gasteiger partial charge in [-0.25, -0.2) is 4.79 Å². The lowest BCUT2D eigenvalue weighted by Crippen LogP contribution is -2.56. The van der Waals surface area contributed by atoms with Crippen LogP contribution in [0.25, 0.3) is 0 Å². The molecule has 1 aliphatic rings. The van der Waals surface area contributed by atoms with E-state index in [1.807, 2.05) is 0 Å². The van der Waals surface area contributed by atoms with Crippen LogP contribution >= 0.6 is 0 Å². The highest BCUT2D eigenvalue weighted by atomic mass is 16.4. The van der Waals surface area contributed by atoms with Crippen molar-refractivity contribution < 1.29 is 14.7 Å². The third-order valence-electron chi connectivity index (χ3n) is 3.38. The summed E-state index contributed by atoms with van der Waals surface area (Å²) in [6.07, 6.45) is 3.30. The molecule has 0 saturated carbocycles. The molecule has 19 heavy (non-hydrogen) atoms. The first-order chi connectivity index (χ1) is 9.08. The Bertz CT molecular complexity index is 441. The Hall–Kier alpha value is -2.12. The number of carbonyl (C=O) groups excluding carboxylic acids is 1. The summed E-state index contributed by atoms with van der Waals surface area (Å²) in [5.74, 6) is -1.16. The van der Waals surface area contributed by atoms with Gasteiger partial charge < -0.3 is 15.3 Å². The van der Waals surface area contributed by atoms with Gasteiger partial charge in [-0.2, -0.15) is 0 Å². The van der Waals surface area contributed by atoms with Crippen molar-refractivity contribution >= 4 is 12.0 Å². The molecule has 1 aromatic heterocycles. The van der Waals surface area contributed by atoms with Crippen molar-refractivity contribution in [3.63, 3.8) is 0 Å². The average Bonchev–Trinajstić information content (AvgIpc) is 2.79. The largest absolute Gasteiger partial charge is 0.481 e. The van der Waals surface area contributed by atoms with Crippen molar-refractivity contribution in [3.8, 4) is 0 Å². The minimum atomic E-state index is -0.809. The van der Waals surface area contributed by atoms with Crippen LogP contribution in [-0.2, 0) is 11.3 Å². The number of hydrogen-bond acceptors (Lipinski definition) is 4. The lowest BCUT2D eigenvalue weighted by molar-refractivity contribution is -0.144. The lowest BCUT2D eigenvalue weighted by atomic mass is 9.87. The minimum Gasteiger partial charge on any atom is -0.481 e. The number of carbonyl (C=O) groups is 2. The van der Waals surface area contributed by atoms with E-state index in [2.05, 4.69) is 15.6 Å². The lowest BCUT2D eigenvalue weighted by Gasteiger charge is -2.41. The van der Waals surface area contributed by atoms with Gasteiger partial charge in [0.25, 0.3) is 0 Å². The number of likely N-dealkylation sites (tertiary alicyclic amines) is 1. The molecule has 1 saturated heterocycles. The maximum atomic E-state index is 11.7. The van der Waals surface area contributed by atoms with E-state index in [9.17, 15) is 9.59 Å². The SMILES string of the molecule is CC(C(=O)O)C1CN(C(=O)NCCn2ccnn2)C1. The van der Waals surface area contributed by atoms with E-state index >= 15 is 0 Å². The van der Waals surface area contributed by atoms with E-state index < -0.39 is 11.9 Å². The van der Waals surface area contributed by atoms with Crippen molar-refractivity contribution in [2.75, 3.05) is 19.6 Å². The summed E-state index contributed by atoms with van der Waals surface area (Å²) in [6, 6.07) is -0.158. The minimum absolute atomic E-state index is 0.0542. The maximum absolute atomic E-state index is 11.7. The quantitative estimate of drug-likeness (QED) is 0.758. The molecule has 1 atom stereocenters. The first-order valence-electron chi connectivity index (χ1n) is 6.17. The highest BCUT2D eigenvalue weighted by Gasteiger charge is 2.36. The fourth-order valence-corrected chi connectivity index (χ4v) is 1.94. The normalized spacial score (nSPS) is 16.8. The van der Waals surface area contributed by atoms with E-state index in [0.717, 1.165) is 0 Å². The Morgan fingerprint density at radius 3 is 2.84 bits per heavy atom. The molecule has 2 heterocycles. The van der Waals surface area contributed by atoms with Crippen LogP contribution in [0.4, 0.5) is 4.79 Å². The van der Waals surface area contributed by atoms with Crippen molar-refractivity contribution in [2.45, 2.75) is 13.5 Å². The Morgan fingerprint density at radius 1 is 1.53 bits per heavy atom. The second-order valence-corrected chi connectivity index (χ2v) is 4.69. The highest BCUT2D eigenvalue weighted by Crippen LogP contribution is 2.23. The molecular formula is C11H17N5O3. The van der Waals surface area contributed by atoms with Crippen molar-refractivity contribution in [1.29, 1.82) is 0 Å². The van der Waals surface area contributed by atoms with Gasteiger partial charge in [-0.3, -0.25) is 9.48 Å². The second-order valence-electron chi connectivity index (χ2n) is 4.69. The Labute approximate surface area is 110 Å². The smallest absolute Gasteiger partial charge is 0.317 e. The predicted octanol–water partition coefficient (Wildman–Crippen LogP) is -0.360. The van der Waals surface area contributed by atoms with Gasteiger partial charge in [-0.05, 0) is 0 Å². The molecule has 1 unspecified atom stereocenters. The van der Waals surface area contributed by atoms with E-state index in [1.54, 1.807) is 28.9 Å². The van der Waals surface area contributed by atoms with Gasteiger partial charge >= 0.3 is 12.0 Å². The number of carboxylic acid groups (broad SMARTS) is 1. The number of aromatic nitrogens is 3. The van der Waals surface area contributed by atoms with E-state index in [0.29, 0.717) is 26.2 Å². The van der Waals surface area contributed by atoms with Crippen LogP contribution in [0.2, 0.25) is 0 Å². The van der Waals surface area contributed by atoms with Crippen LogP contribution < -0.4 is 5.32 Å². The van der Waals surface area contributed by atoms with Gasteiger partial charge in [0.05, 0.1) is 18.7 Å². The zero-order valence-electron chi connectivity index (χ0n) is 10.7. The van der Waals surface area contributed by atoms with E-state index in [1.165, 1.54) is 0 Å². The Balaban J connectivity index is 1.65. The zero-order valence-corrected chi connectivity index (χ0v) is 10.7. The third-order valence-corrected chi connectivity index (χ3v) is 3.38. The van der Waals surface area contributed by atoms with Gasteiger partial charge in [0.2, 0.25) is 0 Å². The van der Waals surface area contributed by atoms with Gasteiger partial charge in [0.15, 0.2) is 0 Å². The van der Waals surface area contributed by atoms with Crippen LogP contribution in [-0.4, -0.2) is 56.6 Å². The second kappa shape index (κ2) is 5.68. The van der Waals surface area contributed by atoms with Crippen molar-refractivity contribution in [1.82, 2.24) is 25.2 Å². The Kier molecular flexibility index (Phi) is 3.98. The third kappa shape index (κ3) is 3.21. The number of nitrogens with one attached hydrogen (secondary N) is 1. The molecule has 0 radical (unpaired) electrons. The summed E-state index contributed by atoms with van der Waals surface area (Å²) in [5.41, 5.74) is 0. The maximum Gasteiger partial charge on any atom is 0.317 e. The molecule has 1 aliphatic heterocycles. The number of hydrogen-bond donors (Lipinski definition) is 2. The summed E-state index contributed by atoms with van der Waals surface area (Å²) >= 11 is 0. The zero-order chi connectivity index (χ0) is 13.8. The molecular weight excluding hydrogens is 250 g/mol. The summed E-state index contributed by atoms with van der Waals surface area (Å²) < 4.78 is 1.63. The van der Waals surface area contributed by atoms with Gasteiger partial charge in [0, 0.05) is 31.7 Å². The summed E-state index contributed by atoms with van der Waals surface area (Å²) in [4.78, 5) is 24.1. The number of nitrogens with zero attached hydrogens (tertiary/aromatic N) is 4. The number of urea groups is 1. The predicted molar refractivity (Wildman–Crippen MR) is 65.3 cm³/mol. The van der Waals surface area contributed by atoms with E-state index in [-0.39, 0.29) is 11.9 Å². The number of carboxylic acids is 1. The summed E-state index contributed by atoms with van der Waals surface area (Å²) in [7, 11) is 0. The number of amides is 2. The summed E-state index contributed by atoms with van der Waals surface area (Å²) in [6.45, 7) is 3.71. The Morgan fingerprint density at radius 2 is 2.26 bits per heavy atom. The highest BCUT2D eigenvalue weighted by molar-refractivity contribution is 5.76. The fraction of sp³-hybridized carbons (Fsp3) is 0.636. The average molecular weight is 267 g/mol. The molecule has 8 heteroatoms. The number of aliphatic carboxylic acids is 1. The fourth-order valence-electron chi connectivity index (χ4n) is 1.94. The van der Waals surface area contributed by atoms with Crippen LogP contribution in [0.1, 0.15) is 6.92 Å². The first kappa shape index (κ1) is 13.3. The molecule has 0 bridgehead atoms. The molecule has 2 amide bonds. The number of rotatable bonds is 5. The van der Waals surface area contributed by atoms with Gasteiger partial charge in [-0.15, -0.1) is 5.10 Å². The van der Waals surface area contributed by atoms with E-state index in [4.69, 9.17) is 5.11 Å². The van der Waals surface area contributed by atoms with Gasteiger partial charge in [-0.1, -0.05) is 12.1 Å². The molecule has 1 fully saturated rings. The van der Waals surface area contributed by atoms with Crippen LogP contribution in [0, 0.1) is 11.8 Å². The first-order valence-corrected chi connectivity index (χ1v) is 6.17. The van der Waals surface area contributed by atoms with Crippen LogP contribution in [0.3, 0.4) is 0 Å². The molecule has 0 aromatic carbocycles. The molecule has 2 N–H and O–H groups in total. The molecule has 2 rings (SSSR count).